The number of hydrogen-bond acceptors (Lipinski definition) is 2. The molecule has 0 bridgehead atoms. The molecule has 3 N–H and O–H groups in total. The second-order valence-electron chi connectivity index (χ2n) is 2.68. The van der Waals surface area contributed by atoms with Crippen LogP contribution in [-0.4, -0.2) is 6.03 Å². The van der Waals surface area contributed by atoms with Gasteiger partial charge in [-0.1, -0.05) is 0 Å². The monoisotopic (exact) mass is 184 g/mol. The Morgan fingerprint density at radius 2 is 2.33 bits per heavy atom. The van der Waals surface area contributed by atoms with E-state index >= 15 is 0 Å². The summed E-state index contributed by atoms with van der Waals surface area (Å²) < 4.78 is 0. The molecule has 1 aromatic rings. The van der Waals surface area contributed by atoms with Crippen LogP contribution in [-0.2, 0) is 0 Å². The zero-order valence-corrected chi connectivity index (χ0v) is 7.94. The summed E-state index contributed by atoms with van der Waals surface area (Å²) in [7, 11) is 0. The maximum absolute atomic E-state index is 10.5. The summed E-state index contributed by atoms with van der Waals surface area (Å²) in [4.78, 5) is 12.9. The number of primary amides is 1. The number of urea groups is 1. The van der Waals surface area contributed by atoms with E-state index < -0.39 is 6.03 Å². The first-order valence-electron chi connectivity index (χ1n) is 3.72. The maximum Gasteiger partial charge on any atom is 0.312 e. The first-order chi connectivity index (χ1) is 5.59. The van der Waals surface area contributed by atoms with Gasteiger partial charge in [-0.3, -0.25) is 0 Å². The second kappa shape index (κ2) is 3.58. The van der Waals surface area contributed by atoms with Crippen molar-refractivity contribution >= 4 is 17.4 Å². The van der Waals surface area contributed by atoms with Crippen LogP contribution in [0, 0.1) is 6.92 Å². The zero-order chi connectivity index (χ0) is 9.14. The Morgan fingerprint density at radius 3 is 2.75 bits per heavy atom. The van der Waals surface area contributed by atoms with Gasteiger partial charge in [-0.05, 0) is 26.0 Å². The van der Waals surface area contributed by atoms with E-state index in [-0.39, 0.29) is 6.04 Å². The van der Waals surface area contributed by atoms with Crippen molar-refractivity contribution in [1.29, 1.82) is 0 Å². The topological polar surface area (TPSA) is 55.1 Å². The van der Waals surface area contributed by atoms with Crippen molar-refractivity contribution in [3.63, 3.8) is 0 Å². The highest BCUT2D eigenvalue weighted by Gasteiger charge is 2.07. The molecule has 1 aromatic heterocycles. The summed E-state index contributed by atoms with van der Waals surface area (Å²) >= 11 is 1.67. The minimum Gasteiger partial charge on any atom is -0.352 e. The van der Waals surface area contributed by atoms with Crippen molar-refractivity contribution in [2.24, 2.45) is 5.73 Å². The third-order valence-electron chi connectivity index (χ3n) is 1.55. The van der Waals surface area contributed by atoms with Gasteiger partial charge in [0.05, 0.1) is 6.04 Å². The van der Waals surface area contributed by atoms with E-state index in [0.717, 1.165) is 4.88 Å². The summed E-state index contributed by atoms with van der Waals surface area (Å²) in [5.41, 5.74) is 4.99. The molecule has 0 saturated heterocycles. The van der Waals surface area contributed by atoms with E-state index in [0.29, 0.717) is 0 Å². The molecule has 1 atom stereocenters. The third-order valence-corrected chi connectivity index (χ3v) is 2.73. The maximum atomic E-state index is 10.5. The summed E-state index contributed by atoms with van der Waals surface area (Å²) in [6.45, 7) is 3.95. The fourth-order valence-electron chi connectivity index (χ4n) is 0.971. The molecular weight excluding hydrogens is 172 g/mol. The van der Waals surface area contributed by atoms with Crippen LogP contribution >= 0.6 is 11.3 Å². The molecule has 0 radical (unpaired) electrons. The molecule has 4 heteroatoms. The SMILES string of the molecule is Cc1ccc(C(C)NC(N)=O)s1. The van der Waals surface area contributed by atoms with E-state index in [1.54, 1.807) is 11.3 Å². The van der Waals surface area contributed by atoms with E-state index in [1.807, 2.05) is 26.0 Å². The lowest BCUT2D eigenvalue weighted by atomic mass is 10.3. The first kappa shape index (κ1) is 9.06. The molecule has 3 nitrogen and oxygen atoms in total. The van der Waals surface area contributed by atoms with E-state index in [4.69, 9.17) is 5.73 Å². The smallest absolute Gasteiger partial charge is 0.312 e. The van der Waals surface area contributed by atoms with Crippen molar-refractivity contribution in [3.8, 4) is 0 Å². The van der Waals surface area contributed by atoms with Crippen LogP contribution in [0.25, 0.3) is 0 Å². The molecule has 1 heterocycles. The summed E-state index contributed by atoms with van der Waals surface area (Å²) in [5, 5.41) is 2.62. The first-order valence-corrected chi connectivity index (χ1v) is 4.53. The van der Waals surface area contributed by atoms with Gasteiger partial charge in [-0.15, -0.1) is 11.3 Å². The molecule has 0 aliphatic rings. The highest BCUT2D eigenvalue weighted by molar-refractivity contribution is 7.12. The third kappa shape index (κ3) is 2.23. The van der Waals surface area contributed by atoms with Gasteiger partial charge in [0.2, 0.25) is 0 Å². The van der Waals surface area contributed by atoms with Gasteiger partial charge in [0.1, 0.15) is 0 Å². The lowest BCUT2D eigenvalue weighted by molar-refractivity contribution is 0.246. The van der Waals surface area contributed by atoms with Crippen molar-refractivity contribution in [1.82, 2.24) is 5.32 Å². The number of rotatable bonds is 2. The lowest BCUT2D eigenvalue weighted by Crippen LogP contribution is -2.31. The van der Waals surface area contributed by atoms with Crippen LogP contribution in [0.1, 0.15) is 22.7 Å². The molecule has 0 spiro atoms. The van der Waals surface area contributed by atoms with Crippen LogP contribution < -0.4 is 11.1 Å². The van der Waals surface area contributed by atoms with Gasteiger partial charge >= 0.3 is 6.03 Å². The predicted octanol–water partition coefficient (Wildman–Crippen LogP) is 1.79. The van der Waals surface area contributed by atoms with Gasteiger partial charge < -0.3 is 11.1 Å². The van der Waals surface area contributed by atoms with Gasteiger partial charge in [0, 0.05) is 9.75 Å². The van der Waals surface area contributed by atoms with Crippen LogP contribution in [0.5, 0.6) is 0 Å². The number of hydrogen-bond donors (Lipinski definition) is 2. The molecule has 0 aromatic carbocycles. The fraction of sp³-hybridized carbons (Fsp3) is 0.375. The zero-order valence-electron chi connectivity index (χ0n) is 7.13. The number of carbonyl (C=O) groups is 1. The van der Waals surface area contributed by atoms with E-state index in [1.165, 1.54) is 4.88 Å². The molecule has 66 valence electrons. The van der Waals surface area contributed by atoms with Crippen LogP contribution in [0.2, 0.25) is 0 Å². The average Bonchev–Trinajstić information content (AvgIpc) is 2.34. The Kier molecular flexibility index (Phi) is 2.70. The molecular formula is C8H12N2OS. The Bertz CT molecular complexity index is 282. The van der Waals surface area contributed by atoms with E-state index in [2.05, 4.69) is 5.32 Å². The summed E-state index contributed by atoms with van der Waals surface area (Å²) in [5.74, 6) is 0. The Morgan fingerprint density at radius 1 is 1.67 bits per heavy atom. The average molecular weight is 184 g/mol. The molecule has 12 heavy (non-hydrogen) atoms. The Hall–Kier alpha value is -1.03. The van der Waals surface area contributed by atoms with Crippen molar-refractivity contribution in [2.75, 3.05) is 0 Å². The fourth-order valence-corrected chi connectivity index (χ4v) is 1.85. The molecule has 1 rings (SSSR count). The van der Waals surface area contributed by atoms with Crippen molar-refractivity contribution in [3.05, 3.63) is 21.9 Å². The highest BCUT2D eigenvalue weighted by atomic mass is 32.1. The van der Waals surface area contributed by atoms with E-state index in [9.17, 15) is 4.79 Å². The van der Waals surface area contributed by atoms with Gasteiger partial charge in [0.15, 0.2) is 0 Å². The second-order valence-corrected chi connectivity index (χ2v) is 4.00. The Balaban J connectivity index is 2.64. The molecule has 0 aliphatic heterocycles. The number of carbonyl (C=O) groups excluding carboxylic acids is 1. The largest absolute Gasteiger partial charge is 0.352 e. The minimum absolute atomic E-state index is 0.0150. The van der Waals surface area contributed by atoms with Gasteiger partial charge in [-0.2, -0.15) is 0 Å². The molecule has 1 unspecified atom stereocenters. The van der Waals surface area contributed by atoms with Crippen LogP contribution in [0.15, 0.2) is 12.1 Å². The normalized spacial score (nSPS) is 12.5. The van der Waals surface area contributed by atoms with Gasteiger partial charge in [-0.25, -0.2) is 4.79 Å². The molecule has 2 amide bonds. The summed E-state index contributed by atoms with van der Waals surface area (Å²) in [6, 6.07) is 3.56. The number of nitrogens with two attached hydrogens (primary N) is 1. The number of nitrogens with one attached hydrogen (secondary N) is 1. The van der Waals surface area contributed by atoms with Gasteiger partial charge in [0.25, 0.3) is 0 Å². The molecule has 0 aliphatic carbocycles. The number of aryl methyl sites for hydroxylation is 1. The van der Waals surface area contributed by atoms with Crippen LogP contribution in [0.4, 0.5) is 4.79 Å². The van der Waals surface area contributed by atoms with Crippen molar-refractivity contribution in [2.45, 2.75) is 19.9 Å². The summed E-state index contributed by atoms with van der Waals surface area (Å²) in [6.07, 6.45) is 0. The molecule has 0 saturated carbocycles. The number of thiophene rings is 1. The Labute approximate surface area is 75.6 Å². The van der Waals surface area contributed by atoms with Crippen LogP contribution in [0.3, 0.4) is 0 Å². The standard InChI is InChI=1S/C8H12N2OS/c1-5-3-4-7(12-5)6(2)10-8(9)11/h3-4,6H,1-2H3,(H3,9,10,11). The number of amides is 2. The predicted molar refractivity (Wildman–Crippen MR) is 50.2 cm³/mol. The minimum atomic E-state index is -0.478. The van der Waals surface area contributed by atoms with Crippen molar-refractivity contribution < 1.29 is 4.79 Å². The quantitative estimate of drug-likeness (QED) is 0.723. The highest BCUT2D eigenvalue weighted by Crippen LogP contribution is 2.21. The lowest BCUT2D eigenvalue weighted by Gasteiger charge is -2.08. The molecule has 0 fully saturated rings.